The number of hydrogen-bond acceptors (Lipinski definition) is 3. The van der Waals surface area contributed by atoms with Gasteiger partial charge in [0.2, 0.25) is 0 Å². The van der Waals surface area contributed by atoms with E-state index in [0.29, 0.717) is 11.3 Å². The SMILES string of the molecule is [C-]#[N+]c1ccc(N(c2ccc3c(c2)C(C)(C)c2cc(/C=C/c4ccc(-c5ccc(-c6ccc(/C=C/c7ccc8c(c7)C(C)(C)c7cc(N(c9ccc(C#N)cc9)c9cccc%10ccccc9%10)ccc7-8)cc6)cc5)cc4)ccc2-3)c2cccc3ccccc23)cc1. The zero-order valence-electron chi connectivity index (χ0n) is 50.7. The van der Waals surface area contributed by atoms with E-state index in [1.54, 1.807) is 0 Å². The molecule has 0 saturated carbocycles. The maximum atomic E-state index is 9.63. The Balaban J connectivity index is 0.609. The van der Waals surface area contributed by atoms with Gasteiger partial charge >= 0.3 is 0 Å². The number of nitrogens with zero attached hydrogens (tertiary/aromatic N) is 4. The predicted octanol–water partition coefficient (Wildman–Crippen LogP) is 23.6. The van der Waals surface area contributed by atoms with Crippen LogP contribution in [0.5, 0.6) is 0 Å². The first-order valence-corrected chi connectivity index (χ1v) is 30.8. The van der Waals surface area contributed by atoms with Gasteiger partial charge in [-0.3, -0.25) is 0 Å². The molecule has 4 heteroatoms. The van der Waals surface area contributed by atoms with E-state index in [1.807, 2.05) is 36.4 Å². The largest absolute Gasteiger partial charge is 0.310 e. The van der Waals surface area contributed by atoms with Crippen LogP contribution >= 0.6 is 0 Å². The molecule has 0 bridgehead atoms. The van der Waals surface area contributed by atoms with Gasteiger partial charge in [0.25, 0.3) is 0 Å². The van der Waals surface area contributed by atoms with Gasteiger partial charge in [-0.05, 0) is 173 Å². The molecule has 90 heavy (non-hydrogen) atoms. The first-order chi connectivity index (χ1) is 44.0. The van der Waals surface area contributed by atoms with Crippen LogP contribution in [0, 0.1) is 17.9 Å². The van der Waals surface area contributed by atoms with E-state index in [-0.39, 0.29) is 10.8 Å². The minimum absolute atomic E-state index is 0.228. The zero-order chi connectivity index (χ0) is 61.1. The molecule has 0 N–H and O–H groups in total. The highest BCUT2D eigenvalue weighted by molar-refractivity contribution is 6.01. The van der Waals surface area contributed by atoms with Crippen molar-refractivity contribution >= 4 is 85.7 Å². The molecule has 13 aromatic rings. The predicted molar refractivity (Wildman–Crippen MR) is 379 cm³/mol. The van der Waals surface area contributed by atoms with Crippen LogP contribution in [0.15, 0.2) is 279 Å². The molecular weight excluding hydrogens is 1090 g/mol. The van der Waals surface area contributed by atoms with Crippen molar-refractivity contribution in [1.29, 1.82) is 5.26 Å². The highest BCUT2D eigenvalue weighted by Gasteiger charge is 2.38. The Morgan fingerprint density at radius 3 is 1.09 bits per heavy atom. The second-order valence-corrected chi connectivity index (χ2v) is 24.8. The van der Waals surface area contributed by atoms with E-state index in [0.717, 1.165) is 45.3 Å². The molecule has 0 atom stereocenters. The van der Waals surface area contributed by atoms with Crippen LogP contribution in [0.25, 0.3) is 95.2 Å². The topological polar surface area (TPSA) is 34.6 Å². The summed E-state index contributed by atoms with van der Waals surface area (Å²) in [5.74, 6) is 0. The maximum Gasteiger partial charge on any atom is 0.187 e. The van der Waals surface area contributed by atoms with Crippen molar-refractivity contribution in [2.24, 2.45) is 0 Å². The lowest BCUT2D eigenvalue weighted by Crippen LogP contribution is -2.17. The molecule has 0 saturated heterocycles. The van der Waals surface area contributed by atoms with Crippen molar-refractivity contribution in [3.05, 3.63) is 341 Å². The van der Waals surface area contributed by atoms with E-state index in [9.17, 15) is 5.26 Å². The van der Waals surface area contributed by atoms with Gasteiger partial charge in [0.05, 0.1) is 29.6 Å². The molecule has 0 heterocycles. The Kier molecular flexibility index (Phi) is 13.6. The molecule has 0 aliphatic heterocycles. The standard InChI is InChI=1S/C86H62N4/c1-85(2)79-52-59(30-48-75(79)77-50-46-71(54-81(77)85)89(69-42-28-61(56-87)29-43-69)83-18-10-14-66-12-6-8-16-73(66)83)22-20-57-24-32-62(33-25-57)64-36-38-65(39-37-64)63-34-26-58(27-35-63)21-23-60-31-49-76-78-51-47-72(55-82(78)86(3,4)80(76)53-60)90(70-44-40-68(88-5)41-45-70)84-19-11-15-67-13-7-9-17-74(67)84/h6-55H,1-4H3/b22-20+,23-21+. The van der Waals surface area contributed by atoms with Crippen LogP contribution in [0.3, 0.4) is 0 Å². The van der Waals surface area contributed by atoms with Gasteiger partial charge in [-0.2, -0.15) is 5.26 Å². The van der Waals surface area contributed by atoms with Gasteiger partial charge in [0, 0.05) is 44.4 Å². The fraction of sp³-hybridized carbons (Fsp3) is 0.0698. The molecule has 0 aromatic heterocycles. The lowest BCUT2D eigenvalue weighted by molar-refractivity contribution is 0.660. The van der Waals surface area contributed by atoms with Crippen molar-refractivity contribution in [1.82, 2.24) is 0 Å². The third-order valence-corrected chi connectivity index (χ3v) is 18.7. The van der Waals surface area contributed by atoms with Crippen LogP contribution < -0.4 is 9.80 Å². The van der Waals surface area contributed by atoms with Gasteiger partial charge in [0.15, 0.2) is 5.69 Å². The maximum absolute atomic E-state index is 9.63. The van der Waals surface area contributed by atoms with Crippen molar-refractivity contribution in [3.63, 3.8) is 0 Å². The molecule has 0 amide bonds. The molecule has 0 unspecified atom stereocenters. The normalized spacial score (nSPS) is 13.2. The highest BCUT2D eigenvalue weighted by Crippen LogP contribution is 2.54. The smallest absolute Gasteiger partial charge is 0.187 e. The Morgan fingerprint density at radius 2 is 0.678 bits per heavy atom. The molecule has 2 aliphatic rings. The Bertz CT molecular complexity index is 4770. The number of anilines is 6. The van der Waals surface area contributed by atoms with Crippen LogP contribution in [0.2, 0.25) is 0 Å². The van der Waals surface area contributed by atoms with Crippen molar-refractivity contribution < 1.29 is 0 Å². The summed E-state index contributed by atoms with van der Waals surface area (Å²) in [6.45, 7) is 17.0. The van der Waals surface area contributed by atoms with Gasteiger partial charge < -0.3 is 9.80 Å². The quantitative estimate of drug-likeness (QED) is 0.0903. The summed E-state index contributed by atoms with van der Waals surface area (Å²) in [7, 11) is 0. The molecule has 4 nitrogen and oxygen atoms in total. The highest BCUT2D eigenvalue weighted by atomic mass is 15.1. The number of fused-ring (bicyclic) bond motifs is 8. The first kappa shape index (κ1) is 55.0. The van der Waals surface area contributed by atoms with Gasteiger partial charge in [-0.25, -0.2) is 4.85 Å². The molecule has 0 spiro atoms. The monoisotopic (exact) mass is 1150 g/mol. The Hall–Kier alpha value is -11.6. The number of nitriles is 1. The molecule has 2 aliphatic carbocycles. The van der Waals surface area contributed by atoms with Crippen LogP contribution in [-0.4, -0.2) is 0 Å². The first-order valence-electron chi connectivity index (χ1n) is 30.8. The summed E-state index contributed by atoms with van der Waals surface area (Å²) in [6.07, 6.45) is 8.89. The van der Waals surface area contributed by atoms with Gasteiger partial charge in [-0.1, -0.05) is 258 Å². The molecular formula is C86H62N4. The zero-order valence-corrected chi connectivity index (χ0v) is 50.7. The average molecular weight is 1150 g/mol. The third-order valence-electron chi connectivity index (χ3n) is 18.7. The van der Waals surface area contributed by atoms with E-state index in [1.165, 1.54) is 99.4 Å². The van der Waals surface area contributed by atoms with Gasteiger partial charge in [-0.15, -0.1) is 0 Å². The molecule has 0 fully saturated rings. The van der Waals surface area contributed by atoms with E-state index >= 15 is 0 Å². The second kappa shape index (κ2) is 22.3. The number of benzene rings is 13. The fourth-order valence-electron chi connectivity index (χ4n) is 13.8. The van der Waals surface area contributed by atoms with E-state index < -0.39 is 0 Å². The lowest BCUT2D eigenvalue weighted by atomic mass is 9.81. The van der Waals surface area contributed by atoms with E-state index in [4.69, 9.17) is 6.57 Å². The molecule has 0 radical (unpaired) electrons. The van der Waals surface area contributed by atoms with Crippen molar-refractivity contribution in [2.45, 2.75) is 38.5 Å². The molecule has 15 rings (SSSR count). The van der Waals surface area contributed by atoms with Crippen LogP contribution in [0.4, 0.5) is 39.8 Å². The third kappa shape index (κ3) is 9.82. The van der Waals surface area contributed by atoms with Crippen molar-refractivity contribution in [2.75, 3.05) is 9.80 Å². The van der Waals surface area contributed by atoms with Crippen LogP contribution in [-0.2, 0) is 10.8 Å². The number of hydrogen-bond donors (Lipinski definition) is 0. The summed E-state index contributed by atoms with van der Waals surface area (Å²) in [4.78, 5) is 8.33. The summed E-state index contributed by atoms with van der Waals surface area (Å²) >= 11 is 0. The van der Waals surface area contributed by atoms with Gasteiger partial charge in [0.1, 0.15) is 0 Å². The number of rotatable bonds is 12. The molecule has 426 valence electrons. The van der Waals surface area contributed by atoms with E-state index in [2.05, 4.69) is 315 Å². The Morgan fingerprint density at radius 1 is 0.344 bits per heavy atom. The minimum atomic E-state index is -0.231. The van der Waals surface area contributed by atoms with Crippen molar-refractivity contribution in [3.8, 4) is 50.6 Å². The summed E-state index contributed by atoms with van der Waals surface area (Å²) in [5, 5.41) is 14.3. The summed E-state index contributed by atoms with van der Waals surface area (Å²) in [5.41, 5.74) is 26.9. The Labute approximate surface area is 527 Å². The lowest BCUT2D eigenvalue weighted by Gasteiger charge is -2.29. The fourth-order valence-corrected chi connectivity index (χ4v) is 13.8. The summed E-state index contributed by atoms with van der Waals surface area (Å²) in [6, 6.07) is 102. The minimum Gasteiger partial charge on any atom is -0.310 e. The average Bonchev–Trinajstić information content (AvgIpc) is 1.58. The molecule has 13 aromatic carbocycles. The second-order valence-electron chi connectivity index (χ2n) is 24.8. The van der Waals surface area contributed by atoms with Crippen LogP contribution in [0.1, 0.15) is 77.8 Å². The summed E-state index contributed by atoms with van der Waals surface area (Å²) < 4.78 is 0.